The number of pyridine rings is 1. The summed E-state index contributed by atoms with van der Waals surface area (Å²) < 4.78 is 0. The van der Waals surface area contributed by atoms with E-state index in [2.05, 4.69) is 34.6 Å². The van der Waals surface area contributed by atoms with Gasteiger partial charge in [0, 0.05) is 22.8 Å². The lowest BCUT2D eigenvalue weighted by molar-refractivity contribution is 0.0695. The van der Waals surface area contributed by atoms with E-state index < -0.39 is 5.97 Å². The first-order chi connectivity index (χ1) is 12.5. The van der Waals surface area contributed by atoms with Crippen LogP contribution < -0.4 is 5.73 Å². The van der Waals surface area contributed by atoms with Gasteiger partial charge in [0.05, 0.1) is 11.3 Å². The highest BCUT2D eigenvalue weighted by Gasteiger charge is 2.26. The van der Waals surface area contributed by atoms with Crippen LogP contribution in [0.2, 0.25) is 5.02 Å². The van der Waals surface area contributed by atoms with Crippen LogP contribution in [0.15, 0.2) is 24.3 Å². The Morgan fingerprint density at radius 2 is 1.69 bits per heavy atom. The standard InChI is InChI=1S/C22H29ClN2O2.2ClH/c1-13(2)10-17-20(21(26)27)19(14-6-8-15(23)9-7-14)16(12-24)18(25-17)11-22(3,4)5;;/h6-9,13H,10-12,24H2,1-5H3,(H,26,27);2*1H. The van der Waals surface area contributed by atoms with Crippen molar-refractivity contribution in [3.8, 4) is 11.1 Å². The number of hydrogen-bond donors (Lipinski definition) is 2. The number of carboxylic acids is 1. The van der Waals surface area contributed by atoms with E-state index in [4.69, 9.17) is 22.3 Å². The van der Waals surface area contributed by atoms with E-state index in [1.807, 2.05) is 12.1 Å². The molecule has 2 aromatic rings. The maximum atomic E-state index is 12.2. The van der Waals surface area contributed by atoms with E-state index in [0.717, 1.165) is 23.2 Å². The van der Waals surface area contributed by atoms with Crippen molar-refractivity contribution < 1.29 is 9.90 Å². The number of benzene rings is 1. The molecule has 0 spiro atoms. The van der Waals surface area contributed by atoms with Gasteiger partial charge in [-0.15, -0.1) is 24.8 Å². The molecule has 2 rings (SSSR count). The van der Waals surface area contributed by atoms with Gasteiger partial charge in [0.2, 0.25) is 0 Å². The number of rotatable bonds is 6. The second kappa shape index (κ2) is 11.2. The predicted octanol–water partition coefficient (Wildman–Crippen LogP) is 6.19. The maximum absolute atomic E-state index is 12.2. The fraction of sp³-hybridized carbons (Fsp3) is 0.455. The molecule has 0 fully saturated rings. The van der Waals surface area contributed by atoms with Crippen molar-refractivity contribution in [3.63, 3.8) is 0 Å². The number of carbonyl (C=O) groups is 1. The van der Waals surface area contributed by atoms with Gasteiger partial charge in [-0.3, -0.25) is 4.98 Å². The van der Waals surface area contributed by atoms with Crippen molar-refractivity contribution in [2.45, 2.75) is 54.0 Å². The van der Waals surface area contributed by atoms with Gasteiger partial charge < -0.3 is 10.8 Å². The molecule has 7 heteroatoms. The Morgan fingerprint density at radius 3 is 2.10 bits per heavy atom. The largest absolute Gasteiger partial charge is 0.478 e. The minimum Gasteiger partial charge on any atom is -0.478 e. The Hall–Kier alpha value is -1.33. The fourth-order valence-corrected chi connectivity index (χ4v) is 3.42. The van der Waals surface area contributed by atoms with Crippen LogP contribution in [0.1, 0.15) is 61.9 Å². The van der Waals surface area contributed by atoms with Crippen LogP contribution in [0, 0.1) is 11.3 Å². The molecule has 0 aliphatic carbocycles. The van der Waals surface area contributed by atoms with Crippen LogP contribution in [0.5, 0.6) is 0 Å². The number of carboxylic acid groups (broad SMARTS) is 1. The van der Waals surface area contributed by atoms with E-state index >= 15 is 0 Å². The SMILES string of the molecule is CC(C)Cc1nc(CC(C)(C)C)c(CN)c(-c2ccc(Cl)cc2)c1C(=O)O.Cl.Cl. The van der Waals surface area contributed by atoms with Gasteiger partial charge in [0.25, 0.3) is 0 Å². The molecule has 1 aromatic carbocycles. The Labute approximate surface area is 191 Å². The summed E-state index contributed by atoms with van der Waals surface area (Å²) in [5, 5.41) is 10.6. The summed E-state index contributed by atoms with van der Waals surface area (Å²) >= 11 is 6.04. The molecule has 0 unspecified atom stereocenters. The zero-order valence-corrected chi connectivity index (χ0v) is 20.0. The summed E-state index contributed by atoms with van der Waals surface area (Å²) in [6.45, 7) is 10.8. The number of aromatic nitrogens is 1. The summed E-state index contributed by atoms with van der Waals surface area (Å²) in [6, 6.07) is 7.25. The van der Waals surface area contributed by atoms with Gasteiger partial charge in [-0.1, -0.05) is 58.4 Å². The lowest BCUT2D eigenvalue weighted by atomic mass is 9.84. The fourth-order valence-electron chi connectivity index (χ4n) is 3.29. The Morgan fingerprint density at radius 1 is 1.14 bits per heavy atom. The van der Waals surface area contributed by atoms with Crippen LogP contribution in [-0.4, -0.2) is 16.1 Å². The molecular formula is C22H31Cl3N2O2. The second-order valence-electron chi connectivity index (χ2n) is 8.59. The van der Waals surface area contributed by atoms with Gasteiger partial charge >= 0.3 is 5.97 Å². The molecule has 4 nitrogen and oxygen atoms in total. The van der Waals surface area contributed by atoms with Gasteiger partial charge in [-0.2, -0.15) is 0 Å². The van der Waals surface area contributed by atoms with Crippen molar-refractivity contribution >= 4 is 42.4 Å². The van der Waals surface area contributed by atoms with Crippen molar-refractivity contribution in [1.82, 2.24) is 4.98 Å². The molecule has 0 aliphatic rings. The average molecular weight is 462 g/mol. The molecule has 0 atom stereocenters. The highest BCUT2D eigenvalue weighted by molar-refractivity contribution is 6.30. The molecular weight excluding hydrogens is 431 g/mol. The lowest BCUT2D eigenvalue weighted by Crippen LogP contribution is -2.20. The van der Waals surface area contributed by atoms with Crippen molar-refractivity contribution in [2.75, 3.05) is 0 Å². The van der Waals surface area contributed by atoms with Crippen LogP contribution in [0.25, 0.3) is 11.1 Å². The topological polar surface area (TPSA) is 76.2 Å². The minimum absolute atomic E-state index is 0. The number of nitrogens with two attached hydrogens (primary N) is 1. The van der Waals surface area contributed by atoms with E-state index in [-0.39, 0.29) is 42.3 Å². The molecule has 0 radical (unpaired) electrons. The maximum Gasteiger partial charge on any atom is 0.338 e. The van der Waals surface area contributed by atoms with Crippen molar-refractivity contribution in [3.05, 3.63) is 51.8 Å². The molecule has 0 saturated carbocycles. The second-order valence-corrected chi connectivity index (χ2v) is 9.02. The lowest BCUT2D eigenvalue weighted by Gasteiger charge is -2.24. The van der Waals surface area contributed by atoms with Crippen molar-refractivity contribution in [2.24, 2.45) is 17.1 Å². The highest BCUT2D eigenvalue weighted by atomic mass is 35.5. The van der Waals surface area contributed by atoms with E-state index in [1.54, 1.807) is 12.1 Å². The first-order valence-electron chi connectivity index (χ1n) is 9.27. The Kier molecular flexibility index (Phi) is 10.7. The normalized spacial score (nSPS) is 11.0. The molecule has 0 amide bonds. The first-order valence-corrected chi connectivity index (χ1v) is 9.65. The first kappa shape index (κ1) is 27.7. The monoisotopic (exact) mass is 460 g/mol. The van der Waals surface area contributed by atoms with Crippen molar-refractivity contribution in [1.29, 1.82) is 0 Å². The number of nitrogens with zero attached hydrogens (tertiary/aromatic N) is 1. The third-order valence-electron chi connectivity index (χ3n) is 4.31. The van der Waals surface area contributed by atoms with Crippen LogP contribution in [0.4, 0.5) is 0 Å². The van der Waals surface area contributed by atoms with E-state index in [1.165, 1.54) is 0 Å². The van der Waals surface area contributed by atoms with E-state index in [0.29, 0.717) is 28.6 Å². The molecule has 1 aromatic heterocycles. The molecule has 0 bridgehead atoms. The molecule has 29 heavy (non-hydrogen) atoms. The summed E-state index contributed by atoms with van der Waals surface area (Å²) in [6.07, 6.45) is 1.33. The smallest absolute Gasteiger partial charge is 0.338 e. The zero-order chi connectivity index (χ0) is 20.4. The molecule has 0 aliphatic heterocycles. The quantitative estimate of drug-likeness (QED) is 0.537. The number of aromatic carboxylic acids is 1. The average Bonchev–Trinajstić information content (AvgIpc) is 2.52. The molecule has 0 saturated heterocycles. The number of hydrogen-bond acceptors (Lipinski definition) is 3. The molecule has 162 valence electrons. The highest BCUT2D eigenvalue weighted by Crippen LogP contribution is 2.35. The minimum atomic E-state index is -0.972. The third-order valence-corrected chi connectivity index (χ3v) is 4.56. The summed E-state index contributed by atoms with van der Waals surface area (Å²) in [5.41, 5.74) is 10.2. The van der Waals surface area contributed by atoms with Crippen LogP contribution in [0.3, 0.4) is 0 Å². The van der Waals surface area contributed by atoms with Crippen LogP contribution >= 0.6 is 36.4 Å². The third kappa shape index (κ3) is 7.14. The molecule has 3 N–H and O–H groups in total. The summed E-state index contributed by atoms with van der Waals surface area (Å²) in [7, 11) is 0. The molecule has 1 heterocycles. The van der Waals surface area contributed by atoms with Gasteiger partial charge in [0.1, 0.15) is 0 Å². The van der Waals surface area contributed by atoms with Gasteiger partial charge in [0.15, 0.2) is 0 Å². The Bertz CT molecular complexity index is 829. The Balaban J connectivity index is 0.00000392. The van der Waals surface area contributed by atoms with Gasteiger partial charge in [-0.05, 0) is 47.4 Å². The summed E-state index contributed by atoms with van der Waals surface area (Å²) in [4.78, 5) is 17.0. The zero-order valence-electron chi connectivity index (χ0n) is 17.6. The van der Waals surface area contributed by atoms with Gasteiger partial charge in [-0.25, -0.2) is 4.79 Å². The van der Waals surface area contributed by atoms with E-state index in [9.17, 15) is 9.90 Å². The predicted molar refractivity (Wildman–Crippen MR) is 126 cm³/mol. The summed E-state index contributed by atoms with van der Waals surface area (Å²) in [5.74, 6) is -0.681. The number of halogens is 3. The van der Waals surface area contributed by atoms with Crippen LogP contribution in [-0.2, 0) is 19.4 Å².